The standard InChI is InChI=1S/C15H16N2OS/c1-9-8-13(11(3)18-9)10(2)16-15-12-6-4-5-7-14(12)17-19-15/h4-8,10,16H,1-3H3. The van der Waals surface area contributed by atoms with Crippen LogP contribution in [0.3, 0.4) is 0 Å². The first-order valence-corrected chi connectivity index (χ1v) is 7.10. The van der Waals surface area contributed by atoms with Crippen molar-refractivity contribution in [1.82, 2.24) is 4.37 Å². The molecule has 0 aliphatic rings. The van der Waals surface area contributed by atoms with E-state index in [1.165, 1.54) is 22.5 Å². The number of aromatic nitrogens is 1. The molecule has 1 unspecified atom stereocenters. The van der Waals surface area contributed by atoms with E-state index in [-0.39, 0.29) is 6.04 Å². The van der Waals surface area contributed by atoms with Crippen molar-refractivity contribution >= 4 is 27.4 Å². The van der Waals surface area contributed by atoms with E-state index >= 15 is 0 Å². The molecule has 0 fully saturated rings. The smallest absolute Gasteiger partial charge is 0.117 e. The third-order valence-electron chi connectivity index (χ3n) is 3.28. The van der Waals surface area contributed by atoms with Gasteiger partial charge in [-0.25, -0.2) is 0 Å². The highest BCUT2D eigenvalue weighted by Crippen LogP contribution is 2.32. The maximum absolute atomic E-state index is 5.59. The molecule has 3 aromatic rings. The van der Waals surface area contributed by atoms with Gasteiger partial charge in [0.25, 0.3) is 0 Å². The van der Waals surface area contributed by atoms with Gasteiger partial charge in [0.2, 0.25) is 0 Å². The summed E-state index contributed by atoms with van der Waals surface area (Å²) in [6.07, 6.45) is 0. The summed E-state index contributed by atoms with van der Waals surface area (Å²) in [6.45, 7) is 6.13. The maximum atomic E-state index is 5.59. The molecular formula is C15H16N2OS. The lowest BCUT2D eigenvalue weighted by Crippen LogP contribution is -2.05. The molecule has 0 bridgehead atoms. The lowest BCUT2D eigenvalue weighted by Gasteiger charge is -2.12. The quantitative estimate of drug-likeness (QED) is 0.752. The number of nitrogens with zero attached hydrogens (tertiary/aromatic N) is 1. The van der Waals surface area contributed by atoms with Crippen molar-refractivity contribution in [3.63, 3.8) is 0 Å². The molecule has 0 aliphatic carbocycles. The summed E-state index contributed by atoms with van der Waals surface area (Å²) in [7, 11) is 0. The van der Waals surface area contributed by atoms with E-state index in [1.807, 2.05) is 32.0 Å². The monoisotopic (exact) mass is 272 g/mol. The molecule has 3 rings (SSSR count). The third-order valence-corrected chi connectivity index (χ3v) is 4.09. The third kappa shape index (κ3) is 2.24. The molecule has 98 valence electrons. The van der Waals surface area contributed by atoms with Crippen LogP contribution in [0.4, 0.5) is 5.00 Å². The van der Waals surface area contributed by atoms with Crippen LogP contribution >= 0.6 is 11.5 Å². The van der Waals surface area contributed by atoms with Crippen molar-refractivity contribution in [3.05, 3.63) is 47.4 Å². The Balaban J connectivity index is 1.91. The van der Waals surface area contributed by atoms with Gasteiger partial charge >= 0.3 is 0 Å². The van der Waals surface area contributed by atoms with Gasteiger partial charge in [0.15, 0.2) is 0 Å². The number of nitrogens with one attached hydrogen (secondary N) is 1. The Labute approximate surface area is 116 Å². The van der Waals surface area contributed by atoms with Crippen LogP contribution in [0.2, 0.25) is 0 Å². The molecule has 2 heterocycles. The van der Waals surface area contributed by atoms with Crippen molar-refractivity contribution in [2.75, 3.05) is 5.32 Å². The second kappa shape index (κ2) is 4.70. The number of anilines is 1. The van der Waals surface area contributed by atoms with Crippen LogP contribution in [-0.4, -0.2) is 4.37 Å². The maximum Gasteiger partial charge on any atom is 0.117 e. The predicted octanol–water partition coefficient (Wildman–Crippen LogP) is 4.68. The summed E-state index contributed by atoms with van der Waals surface area (Å²) < 4.78 is 10.0. The molecule has 19 heavy (non-hydrogen) atoms. The summed E-state index contributed by atoms with van der Waals surface area (Å²) in [5.74, 6) is 1.93. The average Bonchev–Trinajstić information content (AvgIpc) is 2.94. The van der Waals surface area contributed by atoms with Gasteiger partial charge in [-0.1, -0.05) is 12.1 Å². The minimum absolute atomic E-state index is 0.210. The number of benzene rings is 1. The molecule has 0 spiro atoms. The molecule has 0 aliphatic heterocycles. The Morgan fingerprint density at radius 3 is 2.79 bits per heavy atom. The van der Waals surface area contributed by atoms with E-state index in [0.29, 0.717) is 0 Å². The van der Waals surface area contributed by atoms with Crippen LogP contribution in [0.5, 0.6) is 0 Å². The lowest BCUT2D eigenvalue weighted by molar-refractivity contribution is 0.500. The first kappa shape index (κ1) is 12.2. The van der Waals surface area contributed by atoms with Crippen molar-refractivity contribution in [2.24, 2.45) is 0 Å². The molecule has 1 aromatic carbocycles. The van der Waals surface area contributed by atoms with Crippen LogP contribution < -0.4 is 5.32 Å². The summed E-state index contributed by atoms with van der Waals surface area (Å²) >= 11 is 1.51. The Morgan fingerprint density at radius 2 is 2.05 bits per heavy atom. The number of fused-ring (bicyclic) bond motifs is 1. The summed E-state index contributed by atoms with van der Waals surface area (Å²) in [5.41, 5.74) is 2.25. The van der Waals surface area contributed by atoms with Crippen LogP contribution in [0.1, 0.15) is 30.0 Å². The molecule has 0 amide bonds. The molecular weight excluding hydrogens is 256 g/mol. The van der Waals surface area contributed by atoms with Crippen molar-refractivity contribution in [3.8, 4) is 0 Å². The normalized spacial score (nSPS) is 12.8. The summed E-state index contributed by atoms with van der Waals surface area (Å²) in [4.78, 5) is 0. The minimum atomic E-state index is 0.210. The highest BCUT2D eigenvalue weighted by molar-refractivity contribution is 7.11. The largest absolute Gasteiger partial charge is 0.466 e. The zero-order valence-electron chi connectivity index (χ0n) is 11.2. The predicted molar refractivity (Wildman–Crippen MR) is 79.8 cm³/mol. The summed E-state index contributed by atoms with van der Waals surface area (Å²) in [6, 6.07) is 10.5. The first-order chi connectivity index (χ1) is 9.15. The number of aryl methyl sites for hydroxylation is 2. The van der Waals surface area contributed by atoms with Crippen molar-refractivity contribution in [1.29, 1.82) is 0 Å². The minimum Gasteiger partial charge on any atom is -0.466 e. The number of rotatable bonds is 3. The van der Waals surface area contributed by atoms with Crippen LogP contribution in [0.15, 0.2) is 34.7 Å². The number of hydrogen-bond acceptors (Lipinski definition) is 4. The van der Waals surface area contributed by atoms with Crippen molar-refractivity contribution in [2.45, 2.75) is 26.8 Å². The second-order valence-corrected chi connectivity index (χ2v) is 5.54. The average molecular weight is 272 g/mol. The first-order valence-electron chi connectivity index (χ1n) is 6.33. The fraction of sp³-hybridized carbons (Fsp3) is 0.267. The Bertz CT molecular complexity index is 714. The lowest BCUT2D eigenvalue weighted by atomic mass is 10.1. The van der Waals surface area contributed by atoms with Gasteiger partial charge in [0.05, 0.1) is 11.6 Å². The molecule has 1 atom stereocenters. The van der Waals surface area contributed by atoms with Gasteiger partial charge in [0.1, 0.15) is 16.5 Å². The van der Waals surface area contributed by atoms with E-state index in [2.05, 4.69) is 28.7 Å². The van der Waals surface area contributed by atoms with E-state index in [0.717, 1.165) is 22.0 Å². The molecule has 3 nitrogen and oxygen atoms in total. The highest BCUT2D eigenvalue weighted by atomic mass is 32.1. The van der Waals surface area contributed by atoms with E-state index in [1.54, 1.807) is 0 Å². The highest BCUT2D eigenvalue weighted by Gasteiger charge is 2.14. The number of furan rings is 1. The van der Waals surface area contributed by atoms with E-state index < -0.39 is 0 Å². The molecule has 1 N–H and O–H groups in total. The van der Waals surface area contributed by atoms with Crippen LogP contribution in [-0.2, 0) is 0 Å². The fourth-order valence-electron chi connectivity index (χ4n) is 2.35. The summed E-state index contributed by atoms with van der Waals surface area (Å²) in [5, 5.41) is 5.82. The Hall–Kier alpha value is -1.81. The number of hydrogen-bond donors (Lipinski definition) is 1. The molecule has 0 saturated heterocycles. The van der Waals surface area contributed by atoms with Gasteiger partial charge in [-0.05, 0) is 50.5 Å². The van der Waals surface area contributed by atoms with E-state index in [9.17, 15) is 0 Å². The second-order valence-electron chi connectivity index (χ2n) is 4.76. The van der Waals surface area contributed by atoms with E-state index in [4.69, 9.17) is 4.42 Å². The molecule has 0 saturated carbocycles. The molecule has 0 radical (unpaired) electrons. The van der Waals surface area contributed by atoms with Crippen LogP contribution in [0.25, 0.3) is 10.9 Å². The zero-order chi connectivity index (χ0) is 13.4. The Kier molecular flexibility index (Phi) is 3.03. The SMILES string of the molecule is Cc1cc(C(C)Nc2snc3ccccc23)c(C)o1. The van der Waals surface area contributed by atoms with Gasteiger partial charge < -0.3 is 9.73 Å². The zero-order valence-corrected chi connectivity index (χ0v) is 12.0. The molecule has 4 heteroatoms. The molecule has 2 aromatic heterocycles. The van der Waals surface area contributed by atoms with Gasteiger partial charge in [0, 0.05) is 10.9 Å². The van der Waals surface area contributed by atoms with Crippen molar-refractivity contribution < 1.29 is 4.42 Å². The van der Waals surface area contributed by atoms with Gasteiger partial charge in [-0.2, -0.15) is 4.37 Å². The van der Waals surface area contributed by atoms with Gasteiger partial charge in [-0.15, -0.1) is 0 Å². The van der Waals surface area contributed by atoms with Crippen LogP contribution in [0, 0.1) is 13.8 Å². The topological polar surface area (TPSA) is 38.1 Å². The Morgan fingerprint density at radius 1 is 1.26 bits per heavy atom. The fourth-order valence-corrected chi connectivity index (χ4v) is 3.20. The van der Waals surface area contributed by atoms with Gasteiger partial charge in [-0.3, -0.25) is 0 Å².